The van der Waals surface area contributed by atoms with Crippen LogP contribution in [0.3, 0.4) is 0 Å². The van der Waals surface area contributed by atoms with Gasteiger partial charge in [0.25, 0.3) is 5.91 Å². The number of carboxylic acids is 1. The minimum Gasteiger partial charge on any atom is -0.503 e. The molecule has 96 valence electrons. The summed E-state index contributed by atoms with van der Waals surface area (Å²) in [5, 5.41) is 17.2. The van der Waals surface area contributed by atoms with Gasteiger partial charge in [0.15, 0.2) is 5.76 Å². The summed E-state index contributed by atoms with van der Waals surface area (Å²) in [5.41, 5.74) is 0. The normalized spacial score (nSPS) is 17.3. The molecule has 1 aliphatic rings. The topological polar surface area (TPSA) is 121 Å². The van der Waals surface area contributed by atoms with E-state index < -0.39 is 27.7 Å². The molecule has 1 aliphatic carbocycles. The third kappa shape index (κ3) is 4.43. The van der Waals surface area contributed by atoms with E-state index in [1.165, 1.54) is 0 Å². The van der Waals surface area contributed by atoms with E-state index in [1.807, 2.05) is 0 Å². The highest BCUT2D eigenvalue weighted by Crippen LogP contribution is 2.27. The van der Waals surface area contributed by atoms with Crippen LogP contribution in [0, 0.1) is 5.92 Å². The van der Waals surface area contributed by atoms with E-state index >= 15 is 0 Å². The van der Waals surface area contributed by atoms with Crippen LogP contribution in [0.25, 0.3) is 0 Å². The van der Waals surface area contributed by atoms with Gasteiger partial charge in [0.2, 0.25) is 10.0 Å². The molecule has 0 saturated heterocycles. The van der Waals surface area contributed by atoms with Crippen LogP contribution in [0.2, 0.25) is 0 Å². The molecule has 8 heteroatoms. The summed E-state index contributed by atoms with van der Waals surface area (Å²) in [5.74, 6) is -4.15. The summed E-state index contributed by atoms with van der Waals surface area (Å²) < 4.78 is 24.4. The van der Waals surface area contributed by atoms with Crippen molar-refractivity contribution in [1.29, 1.82) is 0 Å². The quantitative estimate of drug-likeness (QED) is 0.465. The number of hydrogen-bond donors (Lipinski definition) is 3. The van der Waals surface area contributed by atoms with Crippen molar-refractivity contribution in [1.82, 2.24) is 4.72 Å². The summed E-state index contributed by atoms with van der Waals surface area (Å²) >= 11 is 0. The molecule has 1 amide bonds. The first kappa shape index (κ1) is 13.5. The van der Waals surface area contributed by atoms with Gasteiger partial charge in [-0.05, 0) is 18.8 Å². The van der Waals surface area contributed by atoms with Crippen molar-refractivity contribution in [2.75, 3.05) is 5.75 Å². The average Bonchev–Trinajstić information content (AvgIpc) is 2.10. The third-order valence-electron chi connectivity index (χ3n) is 2.42. The molecule has 1 fully saturated rings. The van der Waals surface area contributed by atoms with Crippen molar-refractivity contribution in [3.05, 3.63) is 11.8 Å². The van der Waals surface area contributed by atoms with Crippen molar-refractivity contribution in [2.24, 2.45) is 5.92 Å². The maximum Gasteiger partial charge on any atom is 0.332 e. The molecule has 17 heavy (non-hydrogen) atoms. The van der Waals surface area contributed by atoms with Crippen molar-refractivity contribution >= 4 is 21.9 Å². The fourth-order valence-electron chi connectivity index (χ4n) is 1.39. The van der Waals surface area contributed by atoms with Crippen molar-refractivity contribution in [3.8, 4) is 0 Å². The highest BCUT2D eigenvalue weighted by molar-refractivity contribution is 7.90. The Balaban J connectivity index is 2.57. The Labute approximate surface area is 98.2 Å². The van der Waals surface area contributed by atoms with Gasteiger partial charge in [-0.3, -0.25) is 4.79 Å². The molecule has 0 aliphatic heterocycles. The smallest absolute Gasteiger partial charge is 0.332 e. The number of rotatable bonds is 5. The number of hydrogen-bond acceptors (Lipinski definition) is 5. The molecular weight excluding hydrogens is 250 g/mol. The Hall–Kier alpha value is -1.57. The molecule has 0 radical (unpaired) electrons. The summed E-state index contributed by atoms with van der Waals surface area (Å²) in [6.07, 6.45) is 2.80. The largest absolute Gasteiger partial charge is 0.503 e. The minimum absolute atomic E-state index is 0.0332. The van der Waals surface area contributed by atoms with Crippen LogP contribution in [-0.2, 0) is 19.6 Å². The number of sulfonamides is 1. The van der Waals surface area contributed by atoms with Gasteiger partial charge >= 0.3 is 5.97 Å². The second-order valence-electron chi connectivity index (χ2n) is 3.88. The Bertz CT molecular complexity index is 448. The van der Waals surface area contributed by atoms with Gasteiger partial charge in [-0.1, -0.05) is 6.42 Å². The Morgan fingerprint density at radius 1 is 1.29 bits per heavy atom. The second kappa shape index (κ2) is 5.17. The monoisotopic (exact) mass is 263 g/mol. The van der Waals surface area contributed by atoms with Gasteiger partial charge in [-0.15, -0.1) is 0 Å². The van der Waals surface area contributed by atoms with Gasteiger partial charge in [0.05, 0.1) is 11.8 Å². The molecule has 0 aromatic carbocycles. The Morgan fingerprint density at radius 2 is 1.88 bits per heavy atom. The minimum atomic E-state index is -3.82. The fraction of sp³-hybridized carbons (Fsp3) is 0.556. The lowest BCUT2D eigenvalue weighted by molar-refractivity contribution is -0.132. The molecule has 3 N–H and O–H groups in total. The van der Waals surface area contributed by atoms with Gasteiger partial charge in [0.1, 0.15) is 0 Å². The number of carbonyl (C=O) groups is 2. The van der Waals surface area contributed by atoms with Crippen molar-refractivity contribution < 1.29 is 28.2 Å². The maximum atomic E-state index is 11.4. The fourth-order valence-corrected chi connectivity index (χ4v) is 2.81. The summed E-state index contributed by atoms with van der Waals surface area (Å²) in [7, 11) is -3.82. The van der Waals surface area contributed by atoms with E-state index in [1.54, 1.807) is 4.72 Å². The van der Waals surface area contributed by atoms with Gasteiger partial charge in [0, 0.05) is 0 Å². The number of amides is 1. The van der Waals surface area contributed by atoms with Crippen LogP contribution in [-0.4, -0.2) is 36.3 Å². The number of aliphatic hydroxyl groups is 1. The SMILES string of the molecule is O=C(O)/C=C(\O)C(=O)NS(=O)(=O)CC1CCC1. The number of carbonyl (C=O) groups excluding carboxylic acids is 1. The number of nitrogens with one attached hydrogen (secondary N) is 1. The molecule has 0 aromatic rings. The van der Waals surface area contributed by atoms with Crippen LogP contribution in [0.1, 0.15) is 19.3 Å². The lowest BCUT2D eigenvalue weighted by atomic mass is 9.87. The summed E-state index contributed by atoms with van der Waals surface area (Å²) in [6, 6.07) is 0. The summed E-state index contributed by atoms with van der Waals surface area (Å²) in [6.45, 7) is 0. The lowest BCUT2D eigenvalue weighted by Gasteiger charge is -2.24. The van der Waals surface area contributed by atoms with Crippen LogP contribution in [0.15, 0.2) is 11.8 Å². The number of aliphatic carboxylic acids is 1. The van der Waals surface area contributed by atoms with Gasteiger partial charge < -0.3 is 10.2 Å². The predicted octanol–water partition coefficient (Wildman–Crippen LogP) is -0.241. The van der Waals surface area contributed by atoms with E-state index in [0.717, 1.165) is 19.3 Å². The van der Waals surface area contributed by atoms with E-state index in [9.17, 15) is 18.0 Å². The Kier molecular flexibility index (Phi) is 4.11. The molecule has 7 nitrogen and oxygen atoms in total. The predicted molar refractivity (Wildman–Crippen MR) is 57.6 cm³/mol. The lowest BCUT2D eigenvalue weighted by Crippen LogP contribution is -2.37. The molecule has 0 bridgehead atoms. The zero-order valence-corrected chi connectivity index (χ0v) is 9.74. The first-order valence-electron chi connectivity index (χ1n) is 4.98. The first-order chi connectivity index (χ1) is 7.80. The van der Waals surface area contributed by atoms with Gasteiger partial charge in [-0.2, -0.15) is 0 Å². The molecule has 0 aromatic heterocycles. The first-order valence-corrected chi connectivity index (χ1v) is 6.64. The van der Waals surface area contributed by atoms with Crippen LogP contribution in [0.5, 0.6) is 0 Å². The van der Waals surface area contributed by atoms with Gasteiger partial charge in [-0.25, -0.2) is 17.9 Å². The van der Waals surface area contributed by atoms with E-state index in [-0.39, 0.29) is 17.7 Å². The standard InChI is InChI=1S/C9H13NO6S/c11-7(4-8(12)13)9(14)10-17(15,16)5-6-2-1-3-6/h4,6,11H,1-3,5H2,(H,10,14)(H,12,13)/b7-4-. The zero-order chi connectivity index (χ0) is 13.1. The molecule has 0 heterocycles. The zero-order valence-electron chi connectivity index (χ0n) is 8.92. The molecule has 1 rings (SSSR count). The maximum absolute atomic E-state index is 11.4. The van der Waals surface area contributed by atoms with Crippen molar-refractivity contribution in [3.63, 3.8) is 0 Å². The van der Waals surface area contributed by atoms with Crippen LogP contribution >= 0.6 is 0 Å². The van der Waals surface area contributed by atoms with E-state index in [4.69, 9.17) is 10.2 Å². The number of carboxylic acid groups (broad SMARTS) is 1. The number of aliphatic hydroxyl groups excluding tert-OH is 1. The van der Waals surface area contributed by atoms with E-state index in [2.05, 4.69) is 0 Å². The molecule has 0 atom stereocenters. The van der Waals surface area contributed by atoms with Crippen molar-refractivity contribution in [2.45, 2.75) is 19.3 Å². The van der Waals surface area contributed by atoms with Crippen LogP contribution in [0.4, 0.5) is 0 Å². The molecule has 0 spiro atoms. The highest BCUT2D eigenvalue weighted by atomic mass is 32.2. The summed E-state index contributed by atoms with van der Waals surface area (Å²) in [4.78, 5) is 21.3. The molecule has 0 unspecified atom stereocenters. The average molecular weight is 263 g/mol. The Morgan fingerprint density at radius 3 is 2.29 bits per heavy atom. The third-order valence-corrected chi connectivity index (χ3v) is 3.83. The second-order valence-corrected chi connectivity index (χ2v) is 5.64. The highest BCUT2D eigenvalue weighted by Gasteiger charge is 2.26. The molecular formula is C9H13NO6S. The van der Waals surface area contributed by atoms with E-state index in [0.29, 0.717) is 0 Å². The molecule has 1 saturated carbocycles. The van der Waals surface area contributed by atoms with Crippen LogP contribution < -0.4 is 4.72 Å².